The molecule has 1 aliphatic heterocycles. The van der Waals surface area contributed by atoms with Crippen molar-refractivity contribution in [2.75, 3.05) is 12.3 Å². The molecule has 0 radical (unpaired) electrons. The Labute approximate surface area is 120 Å². The number of carbonyl (C=O) groups is 1. The molecule has 3 rings (SSSR count). The highest BCUT2D eigenvalue weighted by atomic mass is 16.5. The lowest BCUT2D eigenvalue weighted by molar-refractivity contribution is -0.0292. The molecule has 3 heterocycles. The molecule has 112 valence electrons. The maximum Gasteiger partial charge on any atom is 0.338 e. The molecule has 0 saturated carbocycles. The summed E-state index contributed by atoms with van der Waals surface area (Å²) >= 11 is 0. The fourth-order valence-electron chi connectivity index (χ4n) is 2.84. The smallest absolute Gasteiger partial charge is 0.338 e. The van der Waals surface area contributed by atoms with E-state index in [1.165, 1.54) is 12.5 Å². The van der Waals surface area contributed by atoms with E-state index in [1.54, 1.807) is 4.57 Å². The maximum absolute atomic E-state index is 11.4. The van der Waals surface area contributed by atoms with Gasteiger partial charge in [-0.2, -0.15) is 0 Å². The van der Waals surface area contributed by atoms with E-state index in [0.29, 0.717) is 17.5 Å². The molecule has 8 heteroatoms. The Hall–Kier alpha value is -2.19. The molecular formula is C13H16N4O4. The van der Waals surface area contributed by atoms with Crippen molar-refractivity contribution in [1.82, 2.24) is 14.5 Å². The summed E-state index contributed by atoms with van der Waals surface area (Å²) < 4.78 is 7.43. The SMILES string of the molecule is C[C@H]1C[C@@H](CO)O[C@H]1n1cc(C(=O)O)c2c(N)ncnc21. The molecule has 1 fully saturated rings. The number of aromatic carboxylic acids is 1. The normalized spacial score (nSPS) is 25.5. The van der Waals surface area contributed by atoms with Crippen molar-refractivity contribution in [1.29, 1.82) is 0 Å². The zero-order valence-corrected chi connectivity index (χ0v) is 11.4. The van der Waals surface area contributed by atoms with Crippen LogP contribution in [0.15, 0.2) is 12.5 Å². The Balaban J connectivity index is 2.16. The molecule has 0 bridgehead atoms. The first-order valence-electron chi connectivity index (χ1n) is 6.63. The largest absolute Gasteiger partial charge is 0.478 e. The van der Waals surface area contributed by atoms with Crippen LogP contribution in [-0.4, -0.2) is 43.4 Å². The fraction of sp³-hybridized carbons (Fsp3) is 0.462. The van der Waals surface area contributed by atoms with Crippen molar-refractivity contribution >= 4 is 22.8 Å². The van der Waals surface area contributed by atoms with E-state index in [9.17, 15) is 15.0 Å². The summed E-state index contributed by atoms with van der Waals surface area (Å²) in [4.78, 5) is 19.4. The molecule has 3 atom stereocenters. The predicted octanol–water partition coefficient (Wildman–Crippen LogP) is 0.628. The zero-order chi connectivity index (χ0) is 15.1. The quantitative estimate of drug-likeness (QED) is 0.757. The third-order valence-electron chi connectivity index (χ3n) is 3.80. The molecule has 0 aromatic carbocycles. The van der Waals surface area contributed by atoms with Crippen molar-refractivity contribution in [3.05, 3.63) is 18.1 Å². The Bertz CT molecular complexity index is 699. The Morgan fingerprint density at radius 3 is 2.95 bits per heavy atom. The van der Waals surface area contributed by atoms with Crippen molar-refractivity contribution in [2.45, 2.75) is 25.7 Å². The monoisotopic (exact) mass is 292 g/mol. The standard InChI is InChI=1S/C13H16N4O4/c1-6-2-7(4-18)21-12(6)17-3-8(13(19)20)9-10(14)15-5-16-11(9)17/h3,5-7,12,18H,2,4H2,1H3,(H,19,20)(H2,14,15,16)/t6-,7-,12+/m0/s1. The van der Waals surface area contributed by atoms with Gasteiger partial charge in [0.15, 0.2) is 0 Å². The molecule has 21 heavy (non-hydrogen) atoms. The van der Waals surface area contributed by atoms with E-state index in [4.69, 9.17) is 10.5 Å². The summed E-state index contributed by atoms with van der Waals surface area (Å²) in [5, 5.41) is 18.9. The molecule has 2 aromatic rings. The first-order chi connectivity index (χ1) is 10.0. The van der Waals surface area contributed by atoms with Gasteiger partial charge in [0, 0.05) is 12.1 Å². The first kappa shape index (κ1) is 13.8. The number of nitrogens with zero attached hydrogens (tertiary/aromatic N) is 3. The Morgan fingerprint density at radius 1 is 1.57 bits per heavy atom. The van der Waals surface area contributed by atoms with Gasteiger partial charge in [-0.05, 0) is 6.42 Å². The molecule has 8 nitrogen and oxygen atoms in total. The number of aliphatic hydroxyl groups is 1. The van der Waals surface area contributed by atoms with Gasteiger partial charge in [0.1, 0.15) is 24.0 Å². The summed E-state index contributed by atoms with van der Waals surface area (Å²) in [5.74, 6) is -0.847. The van der Waals surface area contributed by atoms with E-state index in [0.717, 1.165) is 0 Å². The average molecular weight is 292 g/mol. The van der Waals surface area contributed by atoms with Crippen molar-refractivity contribution < 1.29 is 19.7 Å². The number of hydrogen-bond acceptors (Lipinski definition) is 6. The van der Waals surface area contributed by atoms with Gasteiger partial charge in [-0.1, -0.05) is 6.92 Å². The topological polar surface area (TPSA) is 123 Å². The minimum absolute atomic E-state index is 0.0475. The fourth-order valence-corrected chi connectivity index (χ4v) is 2.84. The number of anilines is 1. The van der Waals surface area contributed by atoms with Crippen LogP contribution in [0.1, 0.15) is 29.9 Å². The van der Waals surface area contributed by atoms with Gasteiger partial charge in [0.25, 0.3) is 0 Å². The molecule has 1 saturated heterocycles. The number of carboxylic acid groups (broad SMARTS) is 1. The highest BCUT2D eigenvalue weighted by Gasteiger charge is 2.35. The van der Waals surface area contributed by atoms with Gasteiger partial charge in [-0.15, -0.1) is 0 Å². The van der Waals surface area contributed by atoms with E-state index in [2.05, 4.69) is 9.97 Å². The number of aliphatic hydroxyl groups excluding tert-OH is 1. The number of carboxylic acids is 1. The Kier molecular flexibility index (Phi) is 3.26. The van der Waals surface area contributed by atoms with Gasteiger partial charge >= 0.3 is 5.97 Å². The number of rotatable bonds is 3. The number of nitrogen functional groups attached to an aromatic ring is 1. The number of ether oxygens (including phenoxy) is 1. The number of nitrogens with two attached hydrogens (primary N) is 1. The number of fused-ring (bicyclic) bond motifs is 1. The van der Waals surface area contributed by atoms with Gasteiger partial charge in [-0.3, -0.25) is 0 Å². The molecule has 2 aromatic heterocycles. The lowest BCUT2D eigenvalue weighted by Crippen LogP contribution is -2.15. The van der Waals surface area contributed by atoms with E-state index in [1.807, 2.05) is 6.92 Å². The Morgan fingerprint density at radius 2 is 2.33 bits per heavy atom. The van der Waals surface area contributed by atoms with Crippen molar-refractivity contribution in [3.63, 3.8) is 0 Å². The predicted molar refractivity (Wildman–Crippen MR) is 73.7 cm³/mol. The van der Waals surface area contributed by atoms with Crippen LogP contribution in [0.3, 0.4) is 0 Å². The lowest BCUT2D eigenvalue weighted by atomic mass is 10.1. The highest BCUT2D eigenvalue weighted by molar-refractivity contribution is 6.06. The molecule has 0 unspecified atom stereocenters. The molecule has 1 aliphatic rings. The van der Waals surface area contributed by atoms with Crippen molar-refractivity contribution in [2.24, 2.45) is 5.92 Å². The van der Waals surface area contributed by atoms with Crippen LogP contribution in [0.25, 0.3) is 11.0 Å². The second-order valence-electron chi connectivity index (χ2n) is 5.26. The van der Waals surface area contributed by atoms with Crippen LogP contribution in [0, 0.1) is 5.92 Å². The third-order valence-corrected chi connectivity index (χ3v) is 3.80. The summed E-state index contributed by atoms with van der Waals surface area (Å²) in [7, 11) is 0. The van der Waals surface area contributed by atoms with E-state index < -0.39 is 5.97 Å². The second-order valence-corrected chi connectivity index (χ2v) is 5.26. The minimum atomic E-state index is -1.09. The van der Waals surface area contributed by atoms with Crippen LogP contribution < -0.4 is 5.73 Å². The molecule has 4 N–H and O–H groups in total. The average Bonchev–Trinajstić information content (AvgIpc) is 3.00. The van der Waals surface area contributed by atoms with E-state index >= 15 is 0 Å². The van der Waals surface area contributed by atoms with Gasteiger partial charge in [-0.25, -0.2) is 14.8 Å². The summed E-state index contributed by atoms with van der Waals surface area (Å²) in [6.07, 6.45) is 2.83. The molecule has 0 spiro atoms. The maximum atomic E-state index is 11.4. The van der Waals surface area contributed by atoms with Gasteiger partial charge in [0.05, 0.1) is 23.7 Å². The number of aromatic nitrogens is 3. The van der Waals surface area contributed by atoms with Crippen LogP contribution in [-0.2, 0) is 4.74 Å². The van der Waals surface area contributed by atoms with Crippen molar-refractivity contribution in [3.8, 4) is 0 Å². The first-order valence-corrected chi connectivity index (χ1v) is 6.63. The van der Waals surface area contributed by atoms with Crippen LogP contribution in [0.2, 0.25) is 0 Å². The lowest BCUT2D eigenvalue weighted by Gasteiger charge is -2.18. The van der Waals surface area contributed by atoms with E-state index in [-0.39, 0.29) is 36.2 Å². The van der Waals surface area contributed by atoms with Gasteiger partial charge in [0.2, 0.25) is 0 Å². The number of hydrogen-bond donors (Lipinski definition) is 3. The summed E-state index contributed by atoms with van der Waals surface area (Å²) in [6, 6.07) is 0. The molecule has 0 aliphatic carbocycles. The van der Waals surface area contributed by atoms with Crippen LogP contribution >= 0.6 is 0 Å². The summed E-state index contributed by atoms with van der Waals surface area (Å²) in [5.41, 5.74) is 6.26. The zero-order valence-electron chi connectivity index (χ0n) is 11.4. The van der Waals surface area contributed by atoms with Gasteiger partial charge < -0.3 is 25.3 Å². The highest BCUT2D eigenvalue weighted by Crippen LogP contribution is 2.37. The minimum Gasteiger partial charge on any atom is -0.478 e. The summed E-state index contributed by atoms with van der Waals surface area (Å²) in [6.45, 7) is 1.92. The van der Waals surface area contributed by atoms with Crippen LogP contribution in [0.5, 0.6) is 0 Å². The molecule has 0 amide bonds. The second kappa shape index (κ2) is 4.97. The third kappa shape index (κ3) is 2.12. The van der Waals surface area contributed by atoms with Crippen LogP contribution in [0.4, 0.5) is 5.82 Å². The molecular weight excluding hydrogens is 276 g/mol.